The number of hydrogen-bond donors (Lipinski definition) is 2. The van der Waals surface area contributed by atoms with Crippen molar-refractivity contribution in [3.63, 3.8) is 0 Å². The maximum Gasteiger partial charge on any atom is 0.193 e. The molecule has 0 heterocycles. The second-order valence-electron chi connectivity index (χ2n) is 9.40. The Morgan fingerprint density at radius 3 is 2.19 bits per heavy atom. The maximum absolute atomic E-state index is 13.0. The first-order valence-electron chi connectivity index (χ1n) is 10.9. The highest BCUT2D eigenvalue weighted by molar-refractivity contribution is 7.80. The summed E-state index contributed by atoms with van der Waals surface area (Å²) in [5, 5.41) is 7.06. The zero-order valence-electron chi connectivity index (χ0n) is 19.7. The third-order valence-electron chi connectivity index (χ3n) is 5.77. The van der Waals surface area contributed by atoms with Crippen LogP contribution in [0.5, 0.6) is 0 Å². The molecule has 0 aliphatic heterocycles. The first-order chi connectivity index (χ1) is 15.0. The highest BCUT2D eigenvalue weighted by Gasteiger charge is 2.15. The molecule has 3 aromatic carbocycles. The molecule has 0 aliphatic carbocycles. The van der Waals surface area contributed by atoms with Gasteiger partial charge in [-0.05, 0) is 72.8 Å². The van der Waals surface area contributed by atoms with E-state index in [2.05, 4.69) is 70.4 Å². The van der Waals surface area contributed by atoms with Crippen molar-refractivity contribution in [1.29, 1.82) is 0 Å². The molecule has 0 radical (unpaired) electrons. The Kier molecular flexibility index (Phi) is 7.15. The van der Waals surface area contributed by atoms with E-state index >= 15 is 0 Å². The van der Waals surface area contributed by atoms with Crippen molar-refractivity contribution >= 4 is 28.8 Å². The molecule has 3 aromatic rings. The van der Waals surface area contributed by atoms with Crippen molar-refractivity contribution in [3.05, 3.63) is 100 Å². The quantitative estimate of drug-likeness (QED) is 0.332. The smallest absolute Gasteiger partial charge is 0.193 e. The molecule has 3 nitrogen and oxygen atoms in total. The van der Waals surface area contributed by atoms with Crippen molar-refractivity contribution in [2.75, 3.05) is 5.32 Å². The highest BCUT2D eigenvalue weighted by Crippen LogP contribution is 2.23. The predicted molar refractivity (Wildman–Crippen MR) is 139 cm³/mol. The summed E-state index contributed by atoms with van der Waals surface area (Å²) in [6, 6.07) is 21.8. The lowest BCUT2D eigenvalue weighted by molar-refractivity contribution is 0.103. The molecule has 0 unspecified atom stereocenters. The summed E-state index contributed by atoms with van der Waals surface area (Å²) in [5.41, 5.74) is 7.07. The number of thiocarbonyl (C=S) groups is 1. The van der Waals surface area contributed by atoms with E-state index in [1.54, 1.807) is 0 Å². The molecule has 0 bridgehead atoms. The number of carbonyl (C=O) groups is 1. The molecule has 166 valence electrons. The largest absolute Gasteiger partial charge is 0.356 e. The van der Waals surface area contributed by atoms with Crippen molar-refractivity contribution in [2.45, 2.75) is 53.0 Å². The van der Waals surface area contributed by atoms with Crippen LogP contribution in [0.4, 0.5) is 5.69 Å². The van der Waals surface area contributed by atoms with Crippen molar-refractivity contribution in [2.24, 2.45) is 0 Å². The fraction of sp³-hybridized carbons (Fsp3) is 0.286. The lowest BCUT2D eigenvalue weighted by Gasteiger charge is -2.19. The second-order valence-corrected chi connectivity index (χ2v) is 9.81. The molecule has 0 aliphatic rings. The van der Waals surface area contributed by atoms with E-state index in [9.17, 15) is 4.79 Å². The van der Waals surface area contributed by atoms with Gasteiger partial charge in [-0.2, -0.15) is 0 Å². The SMILES string of the molecule is Cc1ccc([C@@H](C)NC(=S)Nc2cccc(C(=O)c3ccc(C(C)(C)C)cc3)c2)cc1C. The number of anilines is 1. The average Bonchev–Trinajstić information content (AvgIpc) is 2.74. The fourth-order valence-electron chi connectivity index (χ4n) is 3.51. The minimum atomic E-state index is -0.00325. The zero-order valence-corrected chi connectivity index (χ0v) is 20.6. The van der Waals surface area contributed by atoms with Crippen LogP contribution in [0.1, 0.15) is 71.9 Å². The summed E-state index contributed by atoms with van der Waals surface area (Å²) in [7, 11) is 0. The molecule has 0 spiro atoms. The van der Waals surface area contributed by atoms with Gasteiger partial charge in [0.1, 0.15) is 0 Å². The van der Waals surface area contributed by atoms with Gasteiger partial charge in [0.2, 0.25) is 0 Å². The van der Waals surface area contributed by atoms with Gasteiger partial charge in [-0.25, -0.2) is 0 Å². The Bertz CT molecular complexity index is 1130. The summed E-state index contributed by atoms with van der Waals surface area (Å²) in [5.74, 6) is -0.00325. The van der Waals surface area contributed by atoms with E-state index in [1.807, 2.05) is 48.5 Å². The summed E-state index contributed by atoms with van der Waals surface area (Å²) in [4.78, 5) is 13.0. The molecule has 1 atom stereocenters. The van der Waals surface area contributed by atoms with Crippen molar-refractivity contribution in [3.8, 4) is 0 Å². The molecular weight excluding hydrogens is 412 g/mol. The van der Waals surface area contributed by atoms with Crippen LogP contribution >= 0.6 is 12.2 Å². The molecule has 0 aromatic heterocycles. The Morgan fingerprint density at radius 1 is 0.875 bits per heavy atom. The van der Waals surface area contributed by atoms with E-state index in [1.165, 1.54) is 22.3 Å². The van der Waals surface area contributed by atoms with Crippen LogP contribution in [0.25, 0.3) is 0 Å². The number of ketones is 1. The molecule has 3 rings (SSSR count). The van der Waals surface area contributed by atoms with E-state index in [0.29, 0.717) is 16.2 Å². The molecule has 0 saturated carbocycles. The Balaban J connectivity index is 1.68. The van der Waals surface area contributed by atoms with Gasteiger partial charge in [0.05, 0.1) is 6.04 Å². The first-order valence-corrected chi connectivity index (χ1v) is 11.4. The number of rotatable bonds is 5. The molecule has 4 heteroatoms. The summed E-state index contributed by atoms with van der Waals surface area (Å²) < 4.78 is 0. The van der Waals surface area contributed by atoms with Crippen LogP contribution < -0.4 is 10.6 Å². The van der Waals surface area contributed by atoms with Crippen molar-refractivity contribution < 1.29 is 4.79 Å². The Morgan fingerprint density at radius 2 is 1.56 bits per heavy atom. The number of carbonyl (C=O) groups excluding carboxylic acids is 1. The number of nitrogens with one attached hydrogen (secondary N) is 2. The molecule has 2 N–H and O–H groups in total. The zero-order chi connectivity index (χ0) is 23.5. The average molecular weight is 445 g/mol. The van der Waals surface area contributed by atoms with Gasteiger partial charge >= 0.3 is 0 Å². The molecule has 0 amide bonds. The third-order valence-corrected chi connectivity index (χ3v) is 5.99. The Labute approximate surface area is 197 Å². The van der Waals surface area contributed by atoms with Crippen molar-refractivity contribution in [1.82, 2.24) is 5.32 Å². The number of benzene rings is 3. The fourth-order valence-corrected chi connectivity index (χ4v) is 3.80. The van der Waals surface area contributed by atoms with Crippen LogP contribution in [0, 0.1) is 13.8 Å². The van der Waals surface area contributed by atoms with Gasteiger partial charge in [-0.1, -0.05) is 75.4 Å². The van der Waals surface area contributed by atoms with Gasteiger partial charge < -0.3 is 10.6 Å². The van der Waals surface area contributed by atoms with Crippen LogP contribution in [0.15, 0.2) is 66.7 Å². The standard InChI is InChI=1S/C28H32N2OS/c1-18-10-11-22(16-19(18)2)20(3)29-27(32)30-25-9-7-8-23(17-25)26(31)21-12-14-24(15-13-21)28(4,5)6/h7-17,20H,1-6H3,(H2,29,30,32)/t20-/m1/s1. The number of hydrogen-bond acceptors (Lipinski definition) is 2. The topological polar surface area (TPSA) is 41.1 Å². The van der Waals surface area contributed by atoms with Crippen LogP contribution in [0.3, 0.4) is 0 Å². The highest BCUT2D eigenvalue weighted by atomic mass is 32.1. The Hall–Kier alpha value is -2.98. The van der Waals surface area contributed by atoms with Gasteiger partial charge in [0.15, 0.2) is 10.9 Å². The molecule has 0 saturated heterocycles. The van der Waals surface area contributed by atoms with E-state index < -0.39 is 0 Å². The minimum absolute atomic E-state index is 0.00325. The van der Waals surface area contributed by atoms with Gasteiger partial charge in [-0.3, -0.25) is 4.79 Å². The minimum Gasteiger partial charge on any atom is -0.356 e. The lowest BCUT2D eigenvalue weighted by atomic mass is 9.86. The van der Waals surface area contributed by atoms with E-state index in [-0.39, 0.29) is 17.2 Å². The third kappa shape index (κ3) is 5.83. The molecule has 32 heavy (non-hydrogen) atoms. The lowest BCUT2D eigenvalue weighted by Crippen LogP contribution is -2.31. The normalized spacial score (nSPS) is 12.2. The van der Waals surface area contributed by atoms with Gasteiger partial charge in [0.25, 0.3) is 0 Å². The van der Waals surface area contributed by atoms with E-state index in [0.717, 1.165) is 5.69 Å². The van der Waals surface area contributed by atoms with Crippen LogP contribution in [0.2, 0.25) is 0 Å². The van der Waals surface area contributed by atoms with Gasteiger partial charge in [0, 0.05) is 16.8 Å². The molecule has 0 fully saturated rings. The first kappa shape index (κ1) is 23.7. The summed E-state index contributed by atoms with van der Waals surface area (Å²) >= 11 is 5.52. The van der Waals surface area contributed by atoms with Gasteiger partial charge in [-0.15, -0.1) is 0 Å². The van der Waals surface area contributed by atoms with Crippen LogP contribution in [-0.2, 0) is 5.41 Å². The monoisotopic (exact) mass is 444 g/mol. The van der Waals surface area contributed by atoms with E-state index in [4.69, 9.17) is 12.2 Å². The molecular formula is C28H32N2OS. The summed E-state index contributed by atoms with van der Waals surface area (Å²) in [6.07, 6.45) is 0. The van der Waals surface area contributed by atoms with Crippen LogP contribution in [-0.4, -0.2) is 10.9 Å². The number of aryl methyl sites for hydroxylation is 2. The second kappa shape index (κ2) is 9.66. The maximum atomic E-state index is 13.0. The predicted octanol–water partition coefficient (Wildman–Crippen LogP) is 6.88. The summed E-state index contributed by atoms with van der Waals surface area (Å²) in [6.45, 7) is 12.8.